The van der Waals surface area contributed by atoms with Crippen molar-refractivity contribution in [3.05, 3.63) is 24.0 Å². The van der Waals surface area contributed by atoms with Crippen LogP contribution in [0.15, 0.2) is 18.2 Å². The Balaban J connectivity index is 1.64. The molecular formula is C21H29FN4O5. The number of anilines is 2. The van der Waals surface area contributed by atoms with Gasteiger partial charge in [0, 0.05) is 26.2 Å². The van der Waals surface area contributed by atoms with E-state index in [-0.39, 0.29) is 12.6 Å². The van der Waals surface area contributed by atoms with Crippen LogP contribution in [-0.2, 0) is 14.3 Å². The molecule has 170 valence electrons. The van der Waals surface area contributed by atoms with E-state index in [4.69, 9.17) is 15.2 Å². The topological polar surface area (TPSA) is 105 Å². The van der Waals surface area contributed by atoms with Crippen molar-refractivity contribution < 1.29 is 28.2 Å². The van der Waals surface area contributed by atoms with Gasteiger partial charge in [-0.3, -0.25) is 9.69 Å². The maximum atomic E-state index is 14.9. The van der Waals surface area contributed by atoms with Crippen molar-refractivity contribution in [2.24, 2.45) is 11.7 Å². The van der Waals surface area contributed by atoms with E-state index in [1.54, 1.807) is 24.0 Å². The standard InChI is InChI=1S/C21H29FN4O5/c1-13(18(23)27)17-12-26(20(29)30-17)14-5-6-16(15(22)11-14)24-7-9-25(10-8-24)19(28)31-21(2,3)4/h5-6,11,13,17H,7-10,12H2,1-4H3,(H2,23,27). The van der Waals surface area contributed by atoms with Crippen molar-refractivity contribution in [1.82, 2.24) is 4.90 Å². The van der Waals surface area contributed by atoms with E-state index in [0.717, 1.165) is 0 Å². The number of amides is 3. The number of carbonyl (C=O) groups excluding carboxylic acids is 3. The van der Waals surface area contributed by atoms with Gasteiger partial charge in [-0.25, -0.2) is 14.0 Å². The molecule has 31 heavy (non-hydrogen) atoms. The third-order valence-corrected chi connectivity index (χ3v) is 5.36. The number of hydrogen-bond donors (Lipinski definition) is 1. The van der Waals surface area contributed by atoms with E-state index in [0.29, 0.717) is 37.6 Å². The average molecular weight is 436 g/mol. The lowest BCUT2D eigenvalue weighted by Crippen LogP contribution is -2.50. The van der Waals surface area contributed by atoms with E-state index in [9.17, 15) is 18.8 Å². The lowest BCUT2D eigenvalue weighted by atomic mass is 10.0. The normalized spacial score (nSPS) is 20.5. The quantitative estimate of drug-likeness (QED) is 0.777. The summed E-state index contributed by atoms with van der Waals surface area (Å²) in [6.45, 7) is 8.89. The maximum Gasteiger partial charge on any atom is 0.414 e. The minimum absolute atomic E-state index is 0.121. The van der Waals surface area contributed by atoms with Crippen LogP contribution in [-0.4, -0.2) is 67.4 Å². The fourth-order valence-electron chi connectivity index (χ4n) is 3.52. The number of benzene rings is 1. The SMILES string of the molecule is CC(C(N)=O)C1CN(c2ccc(N3CCN(C(=O)OC(C)(C)C)CC3)c(F)c2)C(=O)O1. The van der Waals surface area contributed by atoms with E-state index >= 15 is 0 Å². The number of primary amides is 1. The number of ether oxygens (including phenoxy) is 2. The van der Waals surface area contributed by atoms with E-state index in [1.807, 2.05) is 25.7 Å². The molecule has 0 spiro atoms. The molecule has 1 aromatic rings. The molecule has 2 unspecified atom stereocenters. The van der Waals surface area contributed by atoms with Crippen molar-refractivity contribution in [3.63, 3.8) is 0 Å². The van der Waals surface area contributed by atoms with Crippen LogP contribution in [0.2, 0.25) is 0 Å². The second-order valence-corrected chi connectivity index (χ2v) is 8.81. The summed E-state index contributed by atoms with van der Waals surface area (Å²) >= 11 is 0. The first-order valence-corrected chi connectivity index (χ1v) is 10.3. The summed E-state index contributed by atoms with van der Waals surface area (Å²) in [7, 11) is 0. The first kappa shape index (κ1) is 22.6. The van der Waals surface area contributed by atoms with Crippen molar-refractivity contribution in [2.45, 2.75) is 39.4 Å². The molecule has 10 heteroatoms. The van der Waals surface area contributed by atoms with Gasteiger partial charge in [0.05, 0.1) is 23.8 Å². The fourth-order valence-corrected chi connectivity index (χ4v) is 3.52. The van der Waals surface area contributed by atoms with Gasteiger partial charge in [-0.15, -0.1) is 0 Å². The largest absolute Gasteiger partial charge is 0.444 e. The molecule has 0 aromatic heterocycles. The first-order valence-electron chi connectivity index (χ1n) is 10.3. The summed E-state index contributed by atoms with van der Waals surface area (Å²) in [5, 5.41) is 0. The second kappa shape index (κ2) is 8.60. The van der Waals surface area contributed by atoms with Crippen LogP contribution in [0.4, 0.5) is 25.4 Å². The van der Waals surface area contributed by atoms with Crippen LogP contribution >= 0.6 is 0 Å². The van der Waals surface area contributed by atoms with E-state index in [1.165, 1.54) is 11.0 Å². The van der Waals surface area contributed by atoms with Crippen LogP contribution in [0.1, 0.15) is 27.7 Å². The highest BCUT2D eigenvalue weighted by Gasteiger charge is 2.38. The van der Waals surface area contributed by atoms with Gasteiger partial charge in [-0.2, -0.15) is 0 Å². The number of halogens is 1. The number of hydrogen-bond acceptors (Lipinski definition) is 6. The van der Waals surface area contributed by atoms with Gasteiger partial charge in [0.15, 0.2) is 0 Å². The summed E-state index contributed by atoms with van der Waals surface area (Å²) in [4.78, 5) is 40.5. The lowest BCUT2D eigenvalue weighted by molar-refractivity contribution is -0.123. The van der Waals surface area contributed by atoms with Gasteiger partial charge in [0.1, 0.15) is 17.5 Å². The average Bonchev–Trinajstić information content (AvgIpc) is 3.07. The number of piperazine rings is 1. The Bertz CT molecular complexity index is 864. The molecule has 0 aliphatic carbocycles. The van der Waals surface area contributed by atoms with Gasteiger partial charge >= 0.3 is 12.2 Å². The third-order valence-electron chi connectivity index (χ3n) is 5.36. The monoisotopic (exact) mass is 436 g/mol. The Morgan fingerprint density at radius 2 is 1.87 bits per heavy atom. The maximum absolute atomic E-state index is 14.9. The molecule has 0 bridgehead atoms. The molecule has 2 saturated heterocycles. The van der Waals surface area contributed by atoms with Crippen LogP contribution in [0.3, 0.4) is 0 Å². The molecule has 1 aromatic carbocycles. The lowest BCUT2D eigenvalue weighted by Gasteiger charge is -2.37. The Labute approximate surface area is 180 Å². The van der Waals surface area contributed by atoms with Crippen molar-refractivity contribution in [2.75, 3.05) is 42.5 Å². The van der Waals surface area contributed by atoms with Crippen LogP contribution < -0.4 is 15.5 Å². The minimum Gasteiger partial charge on any atom is -0.444 e. The molecule has 2 aliphatic rings. The Kier molecular flexibility index (Phi) is 6.28. The number of nitrogens with two attached hydrogens (primary N) is 1. The molecule has 2 aliphatic heterocycles. The molecule has 3 amide bonds. The predicted octanol–water partition coefficient (Wildman–Crippen LogP) is 2.33. The molecule has 0 radical (unpaired) electrons. The van der Waals surface area contributed by atoms with Crippen molar-refractivity contribution in [1.29, 1.82) is 0 Å². The molecule has 3 rings (SSSR count). The summed E-state index contributed by atoms with van der Waals surface area (Å²) in [5.41, 5.74) is 5.45. The van der Waals surface area contributed by atoms with Gasteiger partial charge in [-0.1, -0.05) is 0 Å². The highest BCUT2D eigenvalue weighted by atomic mass is 19.1. The van der Waals surface area contributed by atoms with Gasteiger partial charge in [-0.05, 0) is 45.9 Å². The number of nitrogens with zero attached hydrogens (tertiary/aromatic N) is 3. The van der Waals surface area contributed by atoms with Crippen molar-refractivity contribution in [3.8, 4) is 0 Å². The summed E-state index contributed by atoms with van der Waals surface area (Å²) < 4.78 is 25.5. The van der Waals surface area contributed by atoms with Crippen LogP contribution in [0, 0.1) is 11.7 Å². The Hall–Kier alpha value is -3.04. The fraction of sp³-hybridized carbons (Fsp3) is 0.571. The highest BCUT2D eigenvalue weighted by Crippen LogP contribution is 2.30. The summed E-state index contributed by atoms with van der Waals surface area (Å²) in [6.07, 6.45) is -1.69. The Morgan fingerprint density at radius 3 is 2.42 bits per heavy atom. The minimum atomic E-state index is -0.673. The zero-order chi connectivity index (χ0) is 22.9. The highest BCUT2D eigenvalue weighted by molar-refractivity contribution is 5.91. The third kappa shape index (κ3) is 5.18. The van der Waals surface area contributed by atoms with Gasteiger partial charge < -0.3 is 25.0 Å². The molecule has 2 fully saturated rings. The molecule has 2 heterocycles. The van der Waals surface area contributed by atoms with Crippen molar-refractivity contribution >= 4 is 29.5 Å². The number of cyclic esters (lactones) is 1. The predicted molar refractivity (Wildman–Crippen MR) is 112 cm³/mol. The zero-order valence-electron chi connectivity index (χ0n) is 18.3. The summed E-state index contributed by atoms with van der Waals surface area (Å²) in [6, 6.07) is 4.51. The molecule has 0 saturated carbocycles. The second-order valence-electron chi connectivity index (χ2n) is 8.81. The van der Waals surface area contributed by atoms with Crippen LogP contribution in [0.25, 0.3) is 0 Å². The smallest absolute Gasteiger partial charge is 0.414 e. The molecular weight excluding hydrogens is 407 g/mol. The Morgan fingerprint density at radius 1 is 1.23 bits per heavy atom. The van der Waals surface area contributed by atoms with Crippen LogP contribution in [0.5, 0.6) is 0 Å². The van der Waals surface area contributed by atoms with E-state index < -0.39 is 35.4 Å². The zero-order valence-corrected chi connectivity index (χ0v) is 18.3. The molecule has 9 nitrogen and oxygen atoms in total. The first-order chi connectivity index (χ1) is 14.5. The summed E-state index contributed by atoms with van der Waals surface area (Å²) in [5.74, 6) is -1.69. The number of rotatable bonds is 4. The van der Waals surface area contributed by atoms with Gasteiger partial charge in [0.25, 0.3) is 0 Å². The van der Waals surface area contributed by atoms with Gasteiger partial charge in [0.2, 0.25) is 5.91 Å². The molecule has 2 N–H and O–H groups in total. The number of carbonyl (C=O) groups is 3. The van der Waals surface area contributed by atoms with E-state index in [2.05, 4.69) is 0 Å². The molecule has 2 atom stereocenters.